The van der Waals surface area contributed by atoms with E-state index in [1.165, 1.54) is 0 Å². The van der Waals surface area contributed by atoms with Gasteiger partial charge in [-0.25, -0.2) is 14.6 Å². The zero-order valence-corrected chi connectivity index (χ0v) is 18.6. The van der Waals surface area contributed by atoms with E-state index in [4.69, 9.17) is 24.0 Å². The molecule has 1 N–H and O–H groups in total. The highest BCUT2D eigenvalue weighted by atomic mass is 17.3. The maximum Gasteiger partial charge on any atom is 0.335 e. The van der Waals surface area contributed by atoms with Crippen molar-refractivity contribution in [1.29, 1.82) is 0 Å². The Labute approximate surface area is 182 Å². The van der Waals surface area contributed by atoms with Gasteiger partial charge in [0.1, 0.15) is 0 Å². The van der Waals surface area contributed by atoms with E-state index in [0.29, 0.717) is 18.4 Å². The third kappa shape index (κ3) is 3.33. The van der Waals surface area contributed by atoms with Gasteiger partial charge in [0.2, 0.25) is 5.79 Å². The Morgan fingerprint density at radius 1 is 1.19 bits per heavy atom. The van der Waals surface area contributed by atoms with Crippen molar-refractivity contribution in [3.8, 4) is 0 Å². The van der Waals surface area contributed by atoms with Gasteiger partial charge in [-0.3, -0.25) is 0 Å². The predicted octanol–water partition coefficient (Wildman–Crippen LogP) is 4.42. The van der Waals surface area contributed by atoms with Crippen LogP contribution in [0.4, 0.5) is 0 Å². The standard InChI is InChI=1S/C24H32O7/c1-13-5-8-19-15(3)21(27-12-17-7-6-16(20(25)26)11-14(17)2)28-22-24(19)18(13)9-10-23(4,29-22)30-31-24/h6-7,11,13,15,18-19,21-22H,5,8-10,12H2,1-4H3,(H,25,26)/t13-,15-,18+,19+,21-,22-,23-,24-/m1/s1. The highest BCUT2D eigenvalue weighted by Gasteiger charge is 2.69. The van der Waals surface area contributed by atoms with Crippen LogP contribution in [0.3, 0.4) is 0 Å². The molecule has 2 bridgehead atoms. The summed E-state index contributed by atoms with van der Waals surface area (Å²) >= 11 is 0. The molecule has 0 radical (unpaired) electrons. The minimum absolute atomic E-state index is 0.111. The predicted molar refractivity (Wildman–Crippen MR) is 110 cm³/mol. The minimum atomic E-state index is -0.928. The molecule has 1 aromatic carbocycles. The third-order valence-electron chi connectivity index (χ3n) is 8.09. The molecule has 7 heteroatoms. The molecule has 0 unspecified atom stereocenters. The molecule has 6 rings (SSSR count). The third-order valence-corrected chi connectivity index (χ3v) is 8.09. The summed E-state index contributed by atoms with van der Waals surface area (Å²) in [6.45, 7) is 8.63. The number of aryl methyl sites for hydroxylation is 1. The molecule has 4 aliphatic heterocycles. The van der Waals surface area contributed by atoms with Crippen LogP contribution in [0.5, 0.6) is 0 Å². The molecule has 0 aromatic heterocycles. The van der Waals surface area contributed by atoms with Gasteiger partial charge in [0.15, 0.2) is 18.2 Å². The summed E-state index contributed by atoms with van der Waals surface area (Å²) in [5.74, 6) is -0.547. The zero-order chi connectivity index (χ0) is 22.0. The van der Waals surface area contributed by atoms with Crippen molar-refractivity contribution >= 4 is 5.97 Å². The second-order valence-electron chi connectivity index (χ2n) is 10.0. The van der Waals surface area contributed by atoms with Gasteiger partial charge in [-0.2, -0.15) is 0 Å². The maximum absolute atomic E-state index is 11.2. The summed E-state index contributed by atoms with van der Waals surface area (Å²) in [7, 11) is 0. The van der Waals surface area contributed by atoms with Crippen LogP contribution in [0, 0.1) is 30.6 Å². The number of fused-ring (bicyclic) bond motifs is 2. The molecule has 4 heterocycles. The van der Waals surface area contributed by atoms with Crippen LogP contribution in [0.25, 0.3) is 0 Å². The van der Waals surface area contributed by atoms with Crippen LogP contribution in [-0.2, 0) is 30.6 Å². The molecule has 4 saturated heterocycles. The van der Waals surface area contributed by atoms with Gasteiger partial charge in [0.05, 0.1) is 12.2 Å². The molecule has 1 saturated carbocycles. The fourth-order valence-corrected chi connectivity index (χ4v) is 6.23. The zero-order valence-electron chi connectivity index (χ0n) is 18.6. The van der Waals surface area contributed by atoms with E-state index in [9.17, 15) is 9.90 Å². The number of benzene rings is 1. The van der Waals surface area contributed by atoms with Crippen molar-refractivity contribution in [1.82, 2.24) is 0 Å². The lowest BCUT2D eigenvalue weighted by atomic mass is 9.58. The van der Waals surface area contributed by atoms with E-state index in [2.05, 4.69) is 13.8 Å². The van der Waals surface area contributed by atoms with Crippen LogP contribution in [0.1, 0.15) is 67.9 Å². The molecule has 5 fully saturated rings. The molecular formula is C24H32O7. The number of carboxylic acid groups (broad SMARTS) is 1. The summed E-state index contributed by atoms with van der Waals surface area (Å²) in [6.07, 6.45) is 3.00. The Morgan fingerprint density at radius 2 is 2.00 bits per heavy atom. The maximum atomic E-state index is 11.2. The number of carboxylic acids is 1. The fraction of sp³-hybridized carbons (Fsp3) is 0.708. The van der Waals surface area contributed by atoms with E-state index in [1.807, 2.05) is 19.9 Å². The van der Waals surface area contributed by atoms with Gasteiger partial charge in [-0.05, 0) is 68.2 Å². The largest absolute Gasteiger partial charge is 0.478 e. The molecule has 31 heavy (non-hydrogen) atoms. The molecule has 1 aliphatic carbocycles. The molecular weight excluding hydrogens is 400 g/mol. The molecule has 170 valence electrons. The van der Waals surface area contributed by atoms with Crippen LogP contribution in [-0.4, -0.2) is 35.0 Å². The molecule has 8 atom stereocenters. The van der Waals surface area contributed by atoms with Crippen molar-refractivity contribution < 1.29 is 33.9 Å². The first kappa shape index (κ1) is 21.3. The Bertz CT molecular complexity index is 871. The van der Waals surface area contributed by atoms with Crippen molar-refractivity contribution in [3.05, 3.63) is 34.9 Å². The van der Waals surface area contributed by atoms with Crippen molar-refractivity contribution in [3.63, 3.8) is 0 Å². The van der Waals surface area contributed by atoms with Crippen molar-refractivity contribution in [2.45, 2.75) is 84.0 Å². The monoisotopic (exact) mass is 432 g/mol. The first-order valence-corrected chi connectivity index (χ1v) is 11.4. The quantitative estimate of drug-likeness (QED) is 0.705. The Kier molecular flexibility index (Phi) is 5.18. The van der Waals surface area contributed by atoms with Crippen LogP contribution in [0.15, 0.2) is 18.2 Å². The van der Waals surface area contributed by atoms with E-state index < -0.39 is 29.9 Å². The van der Waals surface area contributed by atoms with Gasteiger partial charge in [0, 0.05) is 18.3 Å². The van der Waals surface area contributed by atoms with Gasteiger partial charge < -0.3 is 19.3 Å². The minimum Gasteiger partial charge on any atom is -0.478 e. The number of aromatic carboxylic acids is 1. The highest BCUT2D eigenvalue weighted by molar-refractivity contribution is 5.87. The van der Waals surface area contributed by atoms with Crippen LogP contribution in [0.2, 0.25) is 0 Å². The van der Waals surface area contributed by atoms with E-state index in [1.54, 1.807) is 12.1 Å². The van der Waals surface area contributed by atoms with Crippen LogP contribution < -0.4 is 0 Å². The fourth-order valence-electron chi connectivity index (χ4n) is 6.23. The lowest BCUT2D eigenvalue weighted by Crippen LogP contribution is -2.70. The summed E-state index contributed by atoms with van der Waals surface area (Å²) in [6, 6.07) is 5.10. The molecule has 5 aliphatic rings. The highest BCUT2D eigenvalue weighted by Crippen LogP contribution is 2.60. The summed E-state index contributed by atoms with van der Waals surface area (Å²) in [4.78, 5) is 23.2. The normalized spacial score (nSPS) is 43.9. The van der Waals surface area contributed by atoms with E-state index in [0.717, 1.165) is 36.8 Å². The number of ether oxygens (including phenoxy) is 3. The summed E-state index contributed by atoms with van der Waals surface area (Å²) in [5.41, 5.74) is 1.53. The van der Waals surface area contributed by atoms with Gasteiger partial charge in [-0.1, -0.05) is 19.9 Å². The molecule has 0 amide bonds. The van der Waals surface area contributed by atoms with Crippen molar-refractivity contribution in [2.75, 3.05) is 0 Å². The average molecular weight is 433 g/mol. The number of rotatable bonds is 4. The number of carbonyl (C=O) groups is 1. The van der Waals surface area contributed by atoms with Crippen LogP contribution >= 0.6 is 0 Å². The Morgan fingerprint density at radius 3 is 2.74 bits per heavy atom. The second-order valence-corrected chi connectivity index (χ2v) is 10.0. The second kappa shape index (κ2) is 7.52. The summed E-state index contributed by atoms with van der Waals surface area (Å²) < 4.78 is 19.1. The topological polar surface area (TPSA) is 83.5 Å². The Balaban J connectivity index is 1.38. The van der Waals surface area contributed by atoms with Gasteiger partial charge in [0.25, 0.3) is 0 Å². The van der Waals surface area contributed by atoms with E-state index >= 15 is 0 Å². The first-order valence-electron chi connectivity index (χ1n) is 11.4. The Hall–Kier alpha value is -1.51. The first-order chi connectivity index (χ1) is 14.7. The number of hydrogen-bond acceptors (Lipinski definition) is 6. The lowest BCUT2D eigenvalue weighted by molar-refractivity contribution is -0.577. The van der Waals surface area contributed by atoms with Gasteiger partial charge >= 0.3 is 5.97 Å². The smallest absolute Gasteiger partial charge is 0.335 e. The lowest BCUT2D eigenvalue weighted by Gasteiger charge is -2.60. The van der Waals surface area contributed by atoms with E-state index in [-0.39, 0.29) is 17.4 Å². The summed E-state index contributed by atoms with van der Waals surface area (Å²) in [5, 5.41) is 9.19. The molecule has 7 nitrogen and oxygen atoms in total. The molecule has 1 spiro atoms. The number of hydrogen-bond donors (Lipinski definition) is 1. The average Bonchev–Trinajstić information content (AvgIpc) is 2.96. The SMILES string of the molecule is Cc1cc(C(=O)O)ccc1CO[C@@H]1O[C@@H]2O[C@@]3(C)CC[C@H]4[C@H](C)CC[C@@H]([C@H]1C)[C@@]24OO3. The van der Waals surface area contributed by atoms with Gasteiger partial charge in [-0.15, -0.1) is 0 Å². The molecule has 1 aromatic rings. The van der Waals surface area contributed by atoms with Crippen molar-refractivity contribution in [2.24, 2.45) is 23.7 Å².